The molecule has 0 unspecified atom stereocenters. The van der Waals surface area contributed by atoms with Gasteiger partial charge in [-0.25, -0.2) is 0 Å². The van der Waals surface area contributed by atoms with Gasteiger partial charge in [0.2, 0.25) is 5.76 Å². The van der Waals surface area contributed by atoms with E-state index in [9.17, 15) is 9.90 Å². The van der Waals surface area contributed by atoms with Crippen LogP contribution in [0.4, 0.5) is 0 Å². The van der Waals surface area contributed by atoms with Gasteiger partial charge in [-0.15, -0.1) is 0 Å². The third-order valence-electron chi connectivity index (χ3n) is 3.64. The Morgan fingerprint density at radius 3 is 3.10 bits per heavy atom. The third kappa shape index (κ3) is 2.27. The number of hydrogen-bond acceptors (Lipinski definition) is 4. The minimum absolute atomic E-state index is 0.0937. The number of rotatable bonds is 2. The summed E-state index contributed by atoms with van der Waals surface area (Å²) in [4.78, 5) is 12.1. The molecule has 1 heterocycles. The molecule has 0 saturated heterocycles. The lowest BCUT2D eigenvalue weighted by atomic mass is 9.87. The van der Waals surface area contributed by atoms with Gasteiger partial charge in [-0.3, -0.25) is 4.79 Å². The Labute approximate surface area is 116 Å². The van der Waals surface area contributed by atoms with Crippen LogP contribution in [0.15, 0.2) is 28.8 Å². The summed E-state index contributed by atoms with van der Waals surface area (Å²) in [7, 11) is 0. The lowest BCUT2D eigenvalue weighted by Gasteiger charge is -2.26. The van der Waals surface area contributed by atoms with E-state index in [0.29, 0.717) is 11.4 Å². The maximum Gasteiger partial charge on any atom is 0.290 e. The Balaban J connectivity index is 1.83. The molecule has 1 aliphatic rings. The Hall–Kier alpha value is -2.30. The van der Waals surface area contributed by atoms with Crippen LogP contribution in [-0.4, -0.2) is 16.2 Å². The maximum atomic E-state index is 12.1. The van der Waals surface area contributed by atoms with Crippen molar-refractivity contribution in [3.05, 3.63) is 46.8 Å². The van der Waals surface area contributed by atoms with Crippen molar-refractivity contribution in [1.82, 2.24) is 10.5 Å². The number of carbonyl (C=O) groups excluding carboxylic acids is 1. The molecule has 1 aromatic heterocycles. The van der Waals surface area contributed by atoms with Gasteiger partial charge in [0.05, 0.1) is 11.7 Å². The average molecular weight is 272 g/mol. The summed E-state index contributed by atoms with van der Waals surface area (Å²) in [6.07, 6.45) is 2.63. The predicted octanol–water partition coefficient (Wildman–Crippen LogP) is 2.50. The SMILES string of the molecule is Cc1cc(C(=O)N[C@@H]2CCCc3c(O)cccc32)on1. The van der Waals surface area contributed by atoms with E-state index in [1.807, 2.05) is 6.07 Å². The number of nitrogens with zero attached hydrogens (tertiary/aromatic N) is 1. The number of nitrogens with one attached hydrogen (secondary N) is 1. The van der Waals surface area contributed by atoms with Crippen LogP contribution in [0, 0.1) is 6.92 Å². The van der Waals surface area contributed by atoms with Gasteiger partial charge in [-0.2, -0.15) is 0 Å². The van der Waals surface area contributed by atoms with Gasteiger partial charge in [0.25, 0.3) is 5.91 Å². The summed E-state index contributed by atoms with van der Waals surface area (Å²) in [6.45, 7) is 1.77. The molecule has 1 amide bonds. The van der Waals surface area contributed by atoms with Gasteiger partial charge < -0.3 is 14.9 Å². The highest BCUT2D eigenvalue weighted by Gasteiger charge is 2.25. The summed E-state index contributed by atoms with van der Waals surface area (Å²) < 4.78 is 4.97. The number of amides is 1. The van der Waals surface area contributed by atoms with E-state index >= 15 is 0 Å². The second-order valence-electron chi connectivity index (χ2n) is 5.10. The van der Waals surface area contributed by atoms with Crippen molar-refractivity contribution in [2.24, 2.45) is 0 Å². The highest BCUT2D eigenvalue weighted by Crippen LogP contribution is 2.34. The number of fused-ring (bicyclic) bond motifs is 1. The van der Waals surface area contributed by atoms with Crippen molar-refractivity contribution in [2.75, 3.05) is 0 Å². The molecule has 0 aliphatic heterocycles. The average Bonchev–Trinajstić information content (AvgIpc) is 2.87. The number of hydrogen-bond donors (Lipinski definition) is 2. The number of aromatic hydroxyl groups is 1. The lowest BCUT2D eigenvalue weighted by Crippen LogP contribution is -2.30. The van der Waals surface area contributed by atoms with Gasteiger partial charge in [-0.05, 0) is 43.4 Å². The number of benzene rings is 1. The second kappa shape index (κ2) is 5.00. The first-order chi connectivity index (χ1) is 9.65. The molecule has 1 atom stereocenters. The molecular formula is C15H16N2O3. The molecule has 0 radical (unpaired) electrons. The normalized spacial score (nSPS) is 17.6. The summed E-state index contributed by atoms with van der Waals surface area (Å²) in [5.41, 5.74) is 2.59. The van der Waals surface area contributed by atoms with Crippen molar-refractivity contribution < 1.29 is 14.4 Å². The number of aromatic nitrogens is 1. The van der Waals surface area contributed by atoms with Gasteiger partial charge in [0.15, 0.2) is 0 Å². The zero-order valence-electron chi connectivity index (χ0n) is 11.2. The molecule has 0 saturated carbocycles. The van der Waals surface area contributed by atoms with Crippen LogP contribution in [-0.2, 0) is 6.42 Å². The topological polar surface area (TPSA) is 75.4 Å². The van der Waals surface area contributed by atoms with Crippen molar-refractivity contribution in [2.45, 2.75) is 32.2 Å². The van der Waals surface area contributed by atoms with Gasteiger partial charge in [-0.1, -0.05) is 17.3 Å². The molecule has 0 bridgehead atoms. The molecule has 1 aliphatic carbocycles. The Bertz CT molecular complexity index is 648. The van der Waals surface area contributed by atoms with E-state index in [1.54, 1.807) is 25.1 Å². The first-order valence-electron chi connectivity index (χ1n) is 6.70. The van der Waals surface area contributed by atoms with Crippen LogP contribution in [0.5, 0.6) is 5.75 Å². The molecule has 0 fully saturated rings. The number of phenolic OH excluding ortho intramolecular Hbond substituents is 1. The zero-order valence-corrected chi connectivity index (χ0v) is 11.2. The molecule has 2 aromatic rings. The first kappa shape index (κ1) is 12.7. The van der Waals surface area contributed by atoms with E-state index < -0.39 is 0 Å². The van der Waals surface area contributed by atoms with Crippen LogP contribution < -0.4 is 5.32 Å². The molecule has 3 rings (SSSR count). The first-order valence-corrected chi connectivity index (χ1v) is 6.70. The molecule has 5 heteroatoms. The smallest absolute Gasteiger partial charge is 0.290 e. The maximum absolute atomic E-state index is 12.1. The summed E-state index contributed by atoms with van der Waals surface area (Å²) in [5, 5.41) is 16.5. The fourth-order valence-electron chi connectivity index (χ4n) is 2.68. The zero-order chi connectivity index (χ0) is 14.1. The van der Waals surface area contributed by atoms with Crippen molar-refractivity contribution in [1.29, 1.82) is 0 Å². The van der Waals surface area contributed by atoms with E-state index in [4.69, 9.17) is 4.52 Å². The van der Waals surface area contributed by atoms with Crippen LogP contribution in [0.2, 0.25) is 0 Å². The van der Waals surface area contributed by atoms with Crippen LogP contribution in [0.1, 0.15) is 46.3 Å². The fourth-order valence-corrected chi connectivity index (χ4v) is 2.68. The highest BCUT2D eigenvalue weighted by molar-refractivity contribution is 5.91. The quantitative estimate of drug-likeness (QED) is 0.880. The molecule has 0 spiro atoms. The minimum Gasteiger partial charge on any atom is -0.508 e. The van der Waals surface area contributed by atoms with E-state index in [1.165, 1.54) is 0 Å². The monoisotopic (exact) mass is 272 g/mol. The lowest BCUT2D eigenvalue weighted by molar-refractivity contribution is 0.0895. The summed E-state index contributed by atoms with van der Waals surface area (Å²) >= 11 is 0. The van der Waals surface area contributed by atoms with Gasteiger partial charge in [0, 0.05) is 6.07 Å². The molecular weight excluding hydrogens is 256 g/mol. The molecule has 5 nitrogen and oxygen atoms in total. The molecule has 20 heavy (non-hydrogen) atoms. The molecule has 1 aromatic carbocycles. The van der Waals surface area contributed by atoms with E-state index in [2.05, 4.69) is 10.5 Å². The number of aryl methyl sites for hydroxylation is 1. The van der Waals surface area contributed by atoms with Crippen molar-refractivity contribution in [3.8, 4) is 5.75 Å². The van der Waals surface area contributed by atoms with Crippen molar-refractivity contribution >= 4 is 5.91 Å². The van der Waals surface area contributed by atoms with Gasteiger partial charge >= 0.3 is 0 Å². The van der Waals surface area contributed by atoms with Crippen LogP contribution >= 0.6 is 0 Å². The fraction of sp³-hybridized carbons (Fsp3) is 0.333. The Kier molecular flexibility index (Phi) is 3.18. The van der Waals surface area contributed by atoms with Crippen molar-refractivity contribution in [3.63, 3.8) is 0 Å². The Morgan fingerprint density at radius 2 is 2.35 bits per heavy atom. The van der Waals surface area contributed by atoms with Gasteiger partial charge in [0.1, 0.15) is 5.75 Å². The van der Waals surface area contributed by atoms with Crippen LogP contribution in [0.25, 0.3) is 0 Å². The standard InChI is InChI=1S/C15H16N2O3/c1-9-8-14(20-17-9)15(19)16-12-6-2-5-11-10(12)4-3-7-13(11)18/h3-4,7-8,12,18H,2,5-6H2,1H3,(H,16,19)/t12-/m1/s1. The molecule has 2 N–H and O–H groups in total. The van der Waals surface area contributed by atoms with E-state index in [0.717, 1.165) is 30.4 Å². The predicted molar refractivity (Wildman–Crippen MR) is 72.5 cm³/mol. The number of phenols is 1. The largest absolute Gasteiger partial charge is 0.508 e. The minimum atomic E-state index is -0.271. The number of carbonyl (C=O) groups is 1. The van der Waals surface area contributed by atoms with Crippen LogP contribution in [0.3, 0.4) is 0 Å². The second-order valence-corrected chi connectivity index (χ2v) is 5.10. The highest BCUT2D eigenvalue weighted by atomic mass is 16.5. The Morgan fingerprint density at radius 1 is 1.50 bits per heavy atom. The van der Waals surface area contributed by atoms with E-state index in [-0.39, 0.29) is 17.7 Å². The third-order valence-corrected chi connectivity index (χ3v) is 3.64. The summed E-state index contributed by atoms with van der Waals surface area (Å²) in [5.74, 6) is 0.249. The summed E-state index contributed by atoms with van der Waals surface area (Å²) in [6, 6.07) is 6.95. The molecule has 104 valence electrons.